The lowest BCUT2D eigenvalue weighted by atomic mass is 9.97. The van der Waals surface area contributed by atoms with Crippen LogP contribution < -0.4 is 0 Å². The molecule has 72 valence electrons. The smallest absolute Gasteiger partial charge is 0.319 e. The lowest BCUT2D eigenvalue weighted by Gasteiger charge is -2.28. The van der Waals surface area contributed by atoms with Crippen molar-refractivity contribution < 1.29 is 9.59 Å². The first-order valence-electron chi connectivity index (χ1n) is 4.71. The maximum absolute atomic E-state index is 11.6. The van der Waals surface area contributed by atoms with Crippen molar-refractivity contribution in [3.05, 3.63) is 0 Å². The average molecular weight is 182 g/mol. The summed E-state index contributed by atoms with van der Waals surface area (Å²) in [7, 11) is 1.71. The van der Waals surface area contributed by atoms with Crippen LogP contribution in [-0.2, 0) is 4.79 Å². The number of Topliss-reactive ketones (excluding diaryl/α,β-unsaturated/α-hetero) is 1. The number of likely N-dealkylation sites (N-methyl/N-ethyl adjacent to an activating group) is 1. The van der Waals surface area contributed by atoms with Gasteiger partial charge in [-0.1, -0.05) is 6.92 Å². The third kappa shape index (κ3) is 1.04. The molecule has 0 aromatic rings. The zero-order valence-electron chi connectivity index (χ0n) is 7.99. The minimum absolute atomic E-state index is 0.0164. The van der Waals surface area contributed by atoms with E-state index in [9.17, 15) is 9.59 Å². The molecular weight excluding hydrogens is 168 g/mol. The summed E-state index contributed by atoms with van der Waals surface area (Å²) in [6.45, 7) is 2.62. The molecular formula is C9H14N2O2. The summed E-state index contributed by atoms with van der Waals surface area (Å²) in [6, 6.07) is -0.0146. The number of fused-ring (bicyclic) bond motifs is 2. The van der Waals surface area contributed by atoms with Crippen molar-refractivity contribution in [2.45, 2.75) is 31.8 Å². The number of carbonyl (C=O) groups excluding carboxylic acids is 2. The number of urea groups is 1. The van der Waals surface area contributed by atoms with Gasteiger partial charge < -0.3 is 9.80 Å². The summed E-state index contributed by atoms with van der Waals surface area (Å²) in [5.41, 5.74) is 0. The number of piperidine rings is 1. The van der Waals surface area contributed by atoms with Gasteiger partial charge in [0.2, 0.25) is 0 Å². The second-order valence-corrected chi connectivity index (χ2v) is 3.79. The van der Waals surface area contributed by atoms with E-state index < -0.39 is 0 Å². The zero-order chi connectivity index (χ0) is 9.59. The fraction of sp³-hybridized carbons (Fsp3) is 0.778. The molecule has 13 heavy (non-hydrogen) atoms. The topological polar surface area (TPSA) is 40.6 Å². The normalized spacial score (nSPS) is 33.1. The highest BCUT2D eigenvalue weighted by Gasteiger charge is 2.46. The highest BCUT2D eigenvalue weighted by Crippen LogP contribution is 2.27. The van der Waals surface area contributed by atoms with E-state index in [1.807, 2.05) is 11.8 Å². The van der Waals surface area contributed by atoms with E-state index in [2.05, 4.69) is 0 Å². The molecule has 0 N–H and O–H groups in total. The van der Waals surface area contributed by atoms with Crippen LogP contribution in [0.3, 0.4) is 0 Å². The monoisotopic (exact) mass is 182 g/mol. The highest BCUT2D eigenvalue weighted by molar-refractivity contribution is 5.94. The van der Waals surface area contributed by atoms with Crippen LogP contribution >= 0.6 is 0 Å². The molecule has 2 atom stereocenters. The molecule has 0 radical (unpaired) electrons. The predicted octanol–water partition coefficient (Wildman–Crippen LogP) is 0.474. The number of carbonyl (C=O) groups is 2. The van der Waals surface area contributed by atoms with Gasteiger partial charge in [0, 0.05) is 19.5 Å². The Morgan fingerprint density at radius 1 is 1.46 bits per heavy atom. The number of ketones is 1. The van der Waals surface area contributed by atoms with Crippen molar-refractivity contribution in [1.29, 1.82) is 0 Å². The van der Waals surface area contributed by atoms with Crippen molar-refractivity contribution in [1.82, 2.24) is 9.80 Å². The Morgan fingerprint density at radius 2 is 2.15 bits per heavy atom. The van der Waals surface area contributed by atoms with Gasteiger partial charge in [-0.3, -0.25) is 4.79 Å². The summed E-state index contributed by atoms with van der Waals surface area (Å²) >= 11 is 0. The van der Waals surface area contributed by atoms with Crippen molar-refractivity contribution in [3.8, 4) is 0 Å². The molecule has 0 spiro atoms. The van der Waals surface area contributed by atoms with Gasteiger partial charge in [-0.25, -0.2) is 4.79 Å². The van der Waals surface area contributed by atoms with Gasteiger partial charge in [-0.15, -0.1) is 0 Å². The Balaban J connectivity index is 2.27. The maximum Gasteiger partial charge on any atom is 0.320 e. The lowest BCUT2D eigenvalue weighted by molar-refractivity contribution is -0.124. The van der Waals surface area contributed by atoms with Crippen molar-refractivity contribution in [2.24, 2.45) is 0 Å². The summed E-state index contributed by atoms with van der Waals surface area (Å²) < 4.78 is 0. The molecule has 2 fully saturated rings. The molecule has 2 unspecified atom stereocenters. The molecule has 2 heterocycles. The van der Waals surface area contributed by atoms with Crippen LogP contribution in [0, 0.1) is 0 Å². The van der Waals surface area contributed by atoms with E-state index in [4.69, 9.17) is 0 Å². The van der Waals surface area contributed by atoms with Crippen molar-refractivity contribution in [3.63, 3.8) is 0 Å². The Hall–Kier alpha value is -1.06. The van der Waals surface area contributed by atoms with Crippen LogP contribution in [-0.4, -0.2) is 47.3 Å². The van der Waals surface area contributed by atoms with E-state index in [1.165, 1.54) is 0 Å². The molecule has 4 heteroatoms. The average Bonchev–Trinajstić information content (AvgIpc) is 2.38. The summed E-state index contributed by atoms with van der Waals surface area (Å²) in [5, 5.41) is 0. The van der Waals surface area contributed by atoms with Crippen LogP contribution in [0.5, 0.6) is 0 Å². The third-order valence-corrected chi connectivity index (χ3v) is 3.11. The first-order chi connectivity index (χ1) is 6.15. The summed E-state index contributed by atoms with van der Waals surface area (Å²) in [6.07, 6.45) is 1.41. The molecule has 2 aliphatic rings. The molecule has 2 aliphatic heterocycles. The zero-order valence-corrected chi connectivity index (χ0v) is 7.99. The van der Waals surface area contributed by atoms with Gasteiger partial charge in [-0.2, -0.15) is 0 Å². The minimum Gasteiger partial charge on any atom is -0.319 e. The summed E-state index contributed by atoms with van der Waals surface area (Å²) in [4.78, 5) is 26.6. The van der Waals surface area contributed by atoms with Gasteiger partial charge in [0.25, 0.3) is 0 Å². The number of nitrogens with zero attached hydrogens (tertiary/aromatic N) is 2. The Kier molecular flexibility index (Phi) is 1.78. The second-order valence-electron chi connectivity index (χ2n) is 3.79. The van der Waals surface area contributed by atoms with Crippen LogP contribution in [0.2, 0.25) is 0 Å². The molecule has 2 rings (SSSR count). The van der Waals surface area contributed by atoms with Gasteiger partial charge in [0.1, 0.15) is 6.04 Å². The molecule has 2 bridgehead atoms. The van der Waals surface area contributed by atoms with E-state index in [0.717, 1.165) is 6.42 Å². The van der Waals surface area contributed by atoms with Crippen LogP contribution in [0.15, 0.2) is 0 Å². The Labute approximate surface area is 77.5 Å². The third-order valence-electron chi connectivity index (χ3n) is 3.11. The van der Waals surface area contributed by atoms with Gasteiger partial charge >= 0.3 is 6.03 Å². The number of hydrogen-bond donors (Lipinski definition) is 0. The first-order valence-corrected chi connectivity index (χ1v) is 4.71. The highest BCUT2D eigenvalue weighted by atomic mass is 16.2. The molecule has 0 saturated carbocycles. The van der Waals surface area contributed by atoms with Gasteiger partial charge in [0.05, 0.1) is 6.54 Å². The molecule has 0 aromatic heterocycles. The SMILES string of the molecule is CCC1CC(=O)C2CN1C(=O)N2C. The van der Waals surface area contributed by atoms with E-state index in [0.29, 0.717) is 13.0 Å². The first kappa shape index (κ1) is 8.53. The van der Waals surface area contributed by atoms with Gasteiger partial charge in [-0.05, 0) is 6.42 Å². The number of rotatable bonds is 1. The number of hydrogen-bond acceptors (Lipinski definition) is 2. The lowest BCUT2D eigenvalue weighted by Crippen LogP contribution is -2.44. The fourth-order valence-electron chi connectivity index (χ4n) is 2.19. The standard InChI is InChI=1S/C9H14N2O2/c1-3-6-4-8(12)7-5-11(6)9(13)10(7)2/h6-7H,3-5H2,1-2H3. The van der Waals surface area contributed by atoms with Crippen LogP contribution in [0.4, 0.5) is 4.79 Å². The largest absolute Gasteiger partial charge is 0.320 e. The van der Waals surface area contributed by atoms with Crippen molar-refractivity contribution in [2.75, 3.05) is 13.6 Å². The van der Waals surface area contributed by atoms with E-state index >= 15 is 0 Å². The maximum atomic E-state index is 11.6. The molecule has 2 amide bonds. The van der Waals surface area contributed by atoms with Gasteiger partial charge in [0.15, 0.2) is 5.78 Å². The summed E-state index contributed by atoms with van der Waals surface area (Å²) in [5.74, 6) is 0.219. The molecule has 2 saturated heterocycles. The Bertz CT molecular complexity index is 264. The van der Waals surface area contributed by atoms with E-state index in [-0.39, 0.29) is 23.9 Å². The second kappa shape index (κ2) is 2.72. The predicted molar refractivity (Wildman–Crippen MR) is 47.4 cm³/mol. The van der Waals surface area contributed by atoms with Crippen LogP contribution in [0.1, 0.15) is 19.8 Å². The molecule has 0 aromatic carbocycles. The molecule has 0 aliphatic carbocycles. The fourth-order valence-corrected chi connectivity index (χ4v) is 2.19. The minimum atomic E-state index is -0.171. The van der Waals surface area contributed by atoms with E-state index in [1.54, 1.807) is 11.9 Å². The quantitative estimate of drug-likeness (QED) is 0.591. The Morgan fingerprint density at radius 3 is 2.77 bits per heavy atom. The molecule has 4 nitrogen and oxygen atoms in total. The van der Waals surface area contributed by atoms with Crippen LogP contribution in [0.25, 0.3) is 0 Å². The van der Waals surface area contributed by atoms with Crippen molar-refractivity contribution >= 4 is 11.8 Å². The number of amides is 2.